The van der Waals surface area contributed by atoms with Gasteiger partial charge in [0.2, 0.25) is 0 Å². The summed E-state index contributed by atoms with van der Waals surface area (Å²) in [6.45, 7) is 14.3. The summed E-state index contributed by atoms with van der Waals surface area (Å²) in [5.41, 5.74) is 0. The molecule has 2 rings (SSSR count). The molecule has 0 aromatic rings. The lowest BCUT2D eigenvalue weighted by Gasteiger charge is -2.31. The Labute approximate surface area is 132 Å². The number of rotatable bonds is 10. The van der Waals surface area contributed by atoms with E-state index in [4.69, 9.17) is 0 Å². The fourth-order valence-electron chi connectivity index (χ4n) is 4.26. The number of fused-ring (bicyclic) bond motifs is 2. The van der Waals surface area contributed by atoms with E-state index in [1.165, 1.54) is 77.8 Å². The zero-order valence-corrected chi connectivity index (χ0v) is 14.6. The van der Waals surface area contributed by atoms with E-state index in [0.29, 0.717) is 0 Å². The summed E-state index contributed by atoms with van der Waals surface area (Å²) in [4.78, 5) is 5.21. The third-order valence-corrected chi connectivity index (χ3v) is 5.71. The zero-order valence-electron chi connectivity index (χ0n) is 14.6. The van der Waals surface area contributed by atoms with Crippen LogP contribution in [0.25, 0.3) is 0 Å². The molecule has 2 fully saturated rings. The van der Waals surface area contributed by atoms with Crippen molar-refractivity contribution < 1.29 is 0 Å². The van der Waals surface area contributed by atoms with Crippen molar-refractivity contribution in [3.8, 4) is 0 Å². The van der Waals surface area contributed by atoms with Gasteiger partial charge in [-0.25, -0.2) is 0 Å². The molecule has 0 radical (unpaired) electrons. The first-order chi connectivity index (χ1) is 10.2. The second kappa shape index (κ2) is 9.12. The monoisotopic (exact) mass is 295 g/mol. The maximum absolute atomic E-state index is 3.76. The number of nitrogens with one attached hydrogen (secondary N) is 1. The van der Waals surface area contributed by atoms with Crippen LogP contribution in [-0.2, 0) is 0 Å². The number of nitrogens with zero attached hydrogens (tertiary/aromatic N) is 2. The van der Waals surface area contributed by atoms with Crippen LogP contribution in [0.5, 0.6) is 0 Å². The molecule has 3 nitrogen and oxygen atoms in total. The average molecular weight is 296 g/mol. The first-order valence-electron chi connectivity index (χ1n) is 9.45. The molecule has 2 atom stereocenters. The highest BCUT2D eigenvalue weighted by Crippen LogP contribution is 2.32. The Morgan fingerprint density at radius 3 is 1.95 bits per heavy atom. The minimum absolute atomic E-state index is 0.853. The molecule has 0 aromatic carbocycles. The maximum Gasteiger partial charge on any atom is 0.00728 e. The summed E-state index contributed by atoms with van der Waals surface area (Å²) in [6.07, 6.45) is 8.49. The quantitative estimate of drug-likeness (QED) is 0.668. The fraction of sp³-hybridized carbons (Fsp3) is 1.00. The first-order valence-corrected chi connectivity index (χ1v) is 9.45. The van der Waals surface area contributed by atoms with Gasteiger partial charge in [0.25, 0.3) is 0 Å². The van der Waals surface area contributed by atoms with Crippen LogP contribution in [0.4, 0.5) is 0 Å². The molecule has 2 aliphatic rings. The van der Waals surface area contributed by atoms with Crippen LogP contribution in [-0.4, -0.2) is 61.2 Å². The summed E-state index contributed by atoms with van der Waals surface area (Å²) in [5.74, 6) is 0.987. The van der Waals surface area contributed by atoms with Crippen molar-refractivity contribution in [3.05, 3.63) is 0 Å². The van der Waals surface area contributed by atoms with Gasteiger partial charge in [0, 0.05) is 12.1 Å². The standard InChI is InChI=1S/C18H37N3/c1-4-20(5-2)11-7-12-21(6-3)13-10-16-14-17-8-9-18(15-16)19-17/h16-19H,4-15H2,1-3H3. The molecule has 2 bridgehead atoms. The van der Waals surface area contributed by atoms with Gasteiger partial charge < -0.3 is 15.1 Å². The Bertz CT molecular complexity index is 266. The van der Waals surface area contributed by atoms with E-state index in [-0.39, 0.29) is 0 Å². The van der Waals surface area contributed by atoms with Crippen LogP contribution >= 0.6 is 0 Å². The van der Waals surface area contributed by atoms with E-state index in [1.807, 2.05) is 0 Å². The van der Waals surface area contributed by atoms with Crippen LogP contribution in [0, 0.1) is 5.92 Å². The lowest BCUT2D eigenvalue weighted by molar-refractivity contribution is 0.210. The fourth-order valence-corrected chi connectivity index (χ4v) is 4.26. The highest BCUT2D eigenvalue weighted by Gasteiger charge is 2.33. The summed E-state index contributed by atoms with van der Waals surface area (Å²) in [5, 5.41) is 3.76. The molecular formula is C18H37N3. The Morgan fingerprint density at radius 1 is 0.810 bits per heavy atom. The van der Waals surface area contributed by atoms with Crippen molar-refractivity contribution in [1.29, 1.82) is 0 Å². The molecule has 1 N–H and O–H groups in total. The van der Waals surface area contributed by atoms with E-state index in [0.717, 1.165) is 18.0 Å². The van der Waals surface area contributed by atoms with E-state index < -0.39 is 0 Å². The van der Waals surface area contributed by atoms with Crippen molar-refractivity contribution in [1.82, 2.24) is 15.1 Å². The van der Waals surface area contributed by atoms with Gasteiger partial charge in [0.1, 0.15) is 0 Å². The second-order valence-electron chi connectivity index (χ2n) is 7.08. The van der Waals surface area contributed by atoms with Gasteiger partial charge >= 0.3 is 0 Å². The number of hydrogen-bond donors (Lipinski definition) is 1. The molecule has 21 heavy (non-hydrogen) atoms. The highest BCUT2D eigenvalue weighted by molar-refractivity contribution is 4.92. The van der Waals surface area contributed by atoms with Crippen LogP contribution < -0.4 is 5.32 Å². The minimum atomic E-state index is 0.853. The van der Waals surface area contributed by atoms with E-state index in [2.05, 4.69) is 35.9 Å². The van der Waals surface area contributed by atoms with Gasteiger partial charge in [0.05, 0.1) is 0 Å². The molecule has 0 aliphatic carbocycles. The predicted molar refractivity (Wildman–Crippen MR) is 91.8 cm³/mol. The molecule has 2 saturated heterocycles. The Hall–Kier alpha value is -0.120. The Kier molecular flexibility index (Phi) is 7.48. The lowest BCUT2D eigenvalue weighted by atomic mass is 9.89. The van der Waals surface area contributed by atoms with E-state index in [1.54, 1.807) is 0 Å². The van der Waals surface area contributed by atoms with Crippen LogP contribution in [0.15, 0.2) is 0 Å². The number of piperidine rings is 1. The normalized spacial score (nSPS) is 28.7. The van der Waals surface area contributed by atoms with Gasteiger partial charge in [-0.1, -0.05) is 20.8 Å². The second-order valence-corrected chi connectivity index (χ2v) is 7.08. The lowest BCUT2D eigenvalue weighted by Crippen LogP contribution is -2.39. The van der Waals surface area contributed by atoms with Gasteiger partial charge in [0.15, 0.2) is 0 Å². The summed E-state index contributed by atoms with van der Waals surface area (Å²) < 4.78 is 0. The molecule has 2 unspecified atom stereocenters. The maximum atomic E-state index is 3.76. The van der Waals surface area contributed by atoms with Gasteiger partial charge in [-0.05, 0) is 83.7 Å². The molecule has 2 heterocycles. The largest absolute Gasteiger partial charge is 0.311 e. The smallest absolute Gasteiger partial charge is 0.00728 e. The van der Waals surface area contributed by atoms with Crippen molar-refractivity contribution in [2.75, 3.05) is 39.3 Å². The van der Waals surface area contributed by atoms with Crippen molar-refractivity contribution >= 4 is 0 Å². The highest BCUT2D eigenvalue weighted by atomic mass is 15.1. The Balaban J connectivity index is 1.61. The van der Waals surface area contributed by atoms with E-state index >= 15 is 0 Å². The predicted octanol–water partition coefficient (Wildman–Crippen LogP) is 2.96. The van der Waals surface area contributed by atoms with E-state index in [9.17, 15) is 0 Å². The van der Waals surface area contributed by atoms with Gasteiger partial charge in [-0.2, -0.15) is 0 Å². The molecule has 124 valence electrons. The van der Waals surface area contributed by atoms with Gasteiger partial charge in [-0.15, -0.1) is 0 Å². The minimum Gasteiger partial charge on any atom is -0.311 e. The third-order valence-electron chi connectivity index (χ3n) is 5.71. The topological polar surface area (TPSA) is 18.5 Å². The van der Waals surface area contributed by atoms with Gasteiger partial charge in [-0.3, -0.25) is 0 Å². The van der Waals surface area contributed by atoms with Crippen molar-refractivity contribution in [2.24, 2.45) is 5.92 Å². The van der Waals surface area contributed by atoms with Crippen LogP contribution in [0.1, 0.15) is 59.3 Å². The molecular weight excluding hydrogens is 258 g/mol. The van der Waals surface area contributed by atoms with Crippen LogP contribution in [0.3, 0.4) is 0 Å². The van der Waals surface area contributed by atoms with Crippen molar-refractivity contribution in [2.45, 2.75) is 71.4 Å². The first kappa shape index (κ1) is 17.2. The van der Waals surface area contributed by atoms with Crippen molar-refractivity contribution in [3.63, 3.8) is 0 Å². The molecule has 0 saturated carbocycles. The molecule has 0 spiro atoms. The third kappa shape index (κ3) is 5.54. The molecule has 0 aromatic heterocycles. The SMILES string of the molecule is CCN(CC)CCCN(CC)CCC1CC2CCC(C1)N2. The molecule has 0 amide bonds. The molecule has 2 aliphatic heterocycles. The number of hydrogen-bond acceptors (Lipinski definition) is 3. The summed E-state index contributed by atoms with van der Waals surface area (Å²) in [6, 6.07) is 1.71. The average Bonchev–Trinajstić information content (AvgIpc) is 2.85. The zero-order chi connectivity index (χ0) is 15.1. The van der Waals surface area contributed by atoms with Crippen LogP contribution in [0.2, 0.25) is 0 Å². The summed E-state index contributed by atoms with van der Waals surface area (Å²) in [7, 11) is 0. The summed E-state index contributed by atoms with van der Waals surface area (Å²) >= 11 is 0. The Morgan fingerprint density at radius 2 is 1.38 bits per heavy atom. The molecule has 3 heteroatoms.